The predicted molar refractivity (Wildman–Crippen MR) is 139 cm³/mol. The molecule has 0 saturated carbocycles. The van der Waals surface area contributed by atoms with E-state index in [-0.39, 0.29) is 17.9 Å². The molecule has 6 heteroatoms. The number of phenols is 1. The number of benzene rings is 3. The second-order valence-corrected chi connectivity index (χ2v) is 8.81. The van der Waals surface area contributed by atoms with Gasteiger partial charge in [0.2, 0.25) is 0 Å². The van der Waals surface area contributed by atoms with Crippen molar-refractivity contribution in [3.8, 4) is 11.5 Å². The molecular formula is C29H35NO5. The van der Waals surface area contributed by atoms with Crippen molar-refractivity contribution in [3.63, 3.8) is 0 Å². The summed E-state index contributed by atoms with van der Waals surface area (Å²) in [5, 5.41) is 15.0. The van der Waals surface area contributed by atoms with Crippen LogP contribution in [0.3, 0.4) is 0 Å². The van der Waals surface area contributed by atoms with E-state index in [0.717, 1.165) is 36.1 Å². The molecule has 0 aliphatic rings. The number of nitrogens with one attached hydrogen (secondary N) is 1. The summed E-state index contributed by atoms with van der Waals surface area (Å²) in [7, 11) is 1.28. The maximum absolute atomic E-state index is 13.3. The van der Waals surface area contributed by atoms with E-state index in [0.29, 0.717) is 16.5 Å². The minimum Gasteiger partial charge on any atom is -0.506 e. The number of carbonyl (C=O) groups excluding carboxylic acids is 2. The minimum atomic E-state index is -0.535. The van der Waals surface area contributed by atoms with Crippen LogP contribution in [0.1, 0.15) is 66.9 Å². The van der Waals surface area contributed by atoms with Gasteiger partial charge >= 0.3 is 5.97 Å². The summed E-state index contributed by atoms with van der Waals surface area (Å²) in [5.74, 6) is -0.780. The Kier molecular flexibility index (Phi) is 9.53. The molecule has 2 N–H and O–H groups in total. The zero-order valence-electron chi connectivity index (χ0n) is 20.9. The lowest BCUT2D eigenvalue weighted by atomic mass is 10.0. The summed E-state index contributed by atoms with van der Waals surface area (Å²) in [4.78, 5) is 24.9. The van der Waals surface area contributed by atoms with Gasteiger partial charge in [-0.25, -0.2) is 4.79 Å². The van der Waals surface area contributed by atoms with E-state index >= 15 is 0 Å². The SMILES string of the molecule is CCCCCCCCc1ccc(C)cc1NC(=O)c1cc(OCC(=O)OC)c2ccccc2c1O. The van der Waals surface area contributed by atoms with Gasteiger partial charge in [-0.2, -0.15) is 0 Å². The third kappa shape index (κ3) is 6.98. The fraction of sp³-hybridized carbons (Fsp3) is 0.379. The van der Waals surface area contributed by atoms with E-state index in [9.17, 15) is 14.7 Å². The van der Waals surface area contributed by atoms with Gasteiger partial charge in [0.15, 0.2) is 6.61 Å². The lowest BCUT2D eigenvalue weighted by molar-refractivity contribution is -0.142. The highest BCUT2D eigenvalue weighted by molar-refractivity contribution is 6.11. The zero-order chi connectivity index (χ0) is 25.2. The van der Waals surface area contributed by atoms with Crippen molar-refractivity contribution in [2.24, 2.45) is 0 Å². The minimum absolute atomic E-state index is 0.0792. The number of ether oxygens (including phenoxy) is 2. The van der Waals surface area contributed by atoms with E-state index in [2.05, 4.69) is 23.0 Å². The molecule has 0 unspecified atom stereocenters. The van der Waals surface area contributed by atoms with Crippen LogP contribution in [0.2, 0.25) is 0 Å². The molecule has 0 saturated heterocycles. The van der Waals surface area contributed by atoms with Gasteiger partial charge in [-0.05, 0) is 43.0 Å². The molecule has 0 radical (unpaired) electrons. The summed E-state index contributed by atoms with van der Waals surface area (Å²) in [5.41, 5.74) is 2.93. The summed E-state index contributed by atoms with van der Waals surface area (Å²) in [6, 6.07) is 14.6. The van der Waals surface area contributed by atoms with Crippen LogP contribution in [0.4, 0.5) is 5.69 Å². The molecule has 3 aromatic carbocycles. The smallest absolute Gasteiger partial charge is 0.343 e. The van der Waals surface area contributed by atoms with E-state index in [1.165, 1.54) is 38.9 Å². The number of hydrogen-bond acceptors (Lipinski definition) is 5. The topological polar surface area (TPSA) is 84.9 Å². The Labute approximate surface area is 207 Å². The molecule has 0 fully saturated rings. The Morgan fingerprint density at radius 1 is 0.943 bits per heavy atom. The summed E-state index contributed by atoms with van der Waals surface area (Å²) in [6.45, 7) is 3.89. The number of unbranched alkanes of at least 4 members (excludes halogenated alkanes) is 5. The van der Waals surface area contributed by atoms with Gasteiger partial charge in [0.1, 0.15) is 11.5 Å². The molecule has 0 heterocycles. The first-order valence-corrected chi connectivity index (χ1v) is 12.3. The normalized spacial score (nSPS) is 10.8. The number of rotatable bonds is 12. The van der Waals surface area contributed by atoms with Crippen molar-refractivity contribution >= 4 is 28.3 Å². The van der Waals surface area contributed by atoms with Crippen molar-refractivity contribution in [3.05, 3.63) is 65.2 Å². The Hall–Kier alpha value is -3.54. The number of fused-ring (bicyclic) bond motifs is 1. The first-order chi connectivity index (χ1) is 16.9. The molecule has 0 atom stereocenters. The monoisotopic (exact) mass is 477 g/mol. The second-order valence-electron chi connectivity index (χ2n) is 8.81. The maximum atomic E-state index is 13.3. The molecule has 6 nitrogen and oxygen atoms in total. The second kappa shape index (κ2) is 12.8. The van der Waals surface area contributed by atoms with Gasteiger partial charge in [-0.3, -0.25) is 4.79 Å². The summed E-state index contributed by atoms with van der Waals surface area (Å²) < 4.78 is 10.3. The molecule has 186 valence electrons. The average molecular weight is 478 g/mol. The van der Waals surface area contributed by atoms with Crippen LogP contribution < -0.4 is 10.1 Å². The van der Waals surface area contributed by atoms with Crippen LogP contribution in [-0.2, 0) is 16.0 Å². The number of aromatic hydroxyl groups is 1. The van der Waals surface area contributed by atoms with Gasteiger partial charge in [0.05, 0.1) is 12.7 Å². The molecule has 3 rings (SSSR count). The van der Waals surface area contributed by atoms with E-state index in [4.69, 9.17) is 4.74 Å². The van der Waals surface area contributed by atoms with Crippen LogP contribution >= 0.6 is 0 Å². The van der Waals surface area contributed by atoms with Crippen LogP contribution in [0.5, 0.6) is 11.5 Å². The van der Waals surface area contributed by atoms with Gasteiger partial charge in [-0.15, -0.1) is 0 Å². The van der Waals surface area contributed by atoms with Crippen molar-refractivity contribution in [1.29, 1.82) is 0 Å². The predicted octanol–water partition coefficient (Wildman–Crippen LogP) is 6.56. The maximum Gasteiger partial charge on any atom is 0.343 e. The summed E-state index contributed by atoms with van der Waals surface area (Å²) in [6.07, 6.45) is 8.07. The molecule has 0 bridgehead atoms. The van der Waals surface area contributed by atoms with E-state index in [1.807, 2.05) is 19.1 Å². The van der Waals surface area contributed by atoms with Crippen LogP contribution in [0.15, 0.2) is 48.5 Å². The van der Waals surface area contributed by atoms with Crippen LogP contribution in [-0.4, -0.2) is 30.7 Å². The highest BCUT2D eigenvalue weighted by Gasteiger charge is 2.19. The van der Waals surface area contributed by atoms with Crippen molar-refractivity contribution < 1.29 is 24.2 Å². The number of carbonyl (C=O) groups is 2. The fourth-order valence-electron chi connectivity index (χ4n) is 4.12. The molecule has 3 aromatic rings. The molecule has 0 aliphatic heterocycles. The summed E-state index contributed by atoms with van der Waals surface area (Å²) >= 11 is 0. The van der Waals surface area contributed by atoms with Crippen molar-refractivity contribution in [2.45, 2.75) is 58.8 Å². The van der Waals surface area contributed by atoms with Gasteiger partial charge in [0.25, 0.3) is 5.91 Å². The number of amides is 1. The first kappa shape index (κ1) is 26.1. The number of esters is 1. The largest absolute Gasteiger partial charge is 0.506 e. The lowest BCUT2D eigenvalue weighted by Gasteiger charge is -2.16. The van der Waals surface area contributed by atoms with Gasteiger partial charge in [0, 0.05) is 16.5 Å². The molecule has 0 aliphatic carbocycles. The average Bonchev–Trinajstić information content (AvgIpc) is 2.86. The number of hydrogen-bond donors (Lipinski definition) is 2. The molecule has 35 heavy (non-hydrogen) atoms. The fourth-order valence-corrected chi connectivity index (χ4v) is 4.12. The Balaban J connectivity index is 1.83. The number of methoxy groups -OCH3 is 1. The van der Waals surface area contributed by atoms with Crippen LogP contribution in [0.25, 0.3) is 10.8 Å². The molecule has 0 spiro atoms. The number of phenolic OH excluding ortho intramolecular Hbond substituents is 1. The van der Waals surface area contributed by atoms with Crippen molar-refractivity contribution in [2.75, 3.05) is 19.0 Å². The first-order valence-electron chi connectivity index (χ1n) is 12.3. The van der Waals surface area contributed by atoms with Crippen LogP contribution in [0, 0.1) is 6.92 Å². The Bertz CT molecular complexity index is 1170. The standard InChI is InChI=1S/C29H35NO5/c1-4-5-6-7-8-9-12-21-16-15-20(2)17-25(21)30-29(33)24-18-26(35-19-27(31)34-3)22-13-10-11-14-23(22)28(24)32/h10-11,13-18,32H,4-9,12,19H2,1-3H3,(H,30,33). The molecule has 1 amide bonds. The number of anilines is 1. The van der Waals surface area contributed by atoms with Gasteiger partial charge in [-0.1, -0.05) is 75.4 Å². The van der Waals surface area contributed by atoms with Gasteiger partial charge < -0.3 is 19.9 Å². The lowest BCUT2D eigenvalue weighted by Crippen LogP contribution is -2.16. The highest BCUT2D eigenvalue weighted by Crippen LogP contribution is 2.36. The third-order valence-corrected chi connectivity index (χ3v) is 6.11. The third-order valence-electron chi connectivity index (χ3n) is 6.11. The highest BCUT2D eigenvalue weighted by atomic mass is 16.6. The Morgan fingerprint density at radius 2 is 1.66 bits per heavy atom. The molecule has 0 aromatic heterocycles. The van der Waals surface area contributed by atoms with E-state index in [1.54, 1.807) is 24.3 Å². The van der Waals surface area contributed by atoms with E-state index < -0.39 is 11.9 Å². The van der Waals surface area contributed by atoms with Crippen molar-refractivity contribution in [1.82, 2.24) is 0 Å². The quantitative estimate of drug-likeness (QED) is 0.228. The molecular weight excluding hydrogens is 442 g/mol. The number of aryl methyl sites for hydroxylation is 2. The zero-order valence-corrected chi connectivity index (χ0v) is 20.9. The Morgan fingerprint density at radius 3 is 2.40 bits per heavy atom.